The normalized spacial score (nSPS) is 13.7. The summed E-state index contributed by atoms with van der Waals surface area (Å²) in [6.45, 7) is 12.4. The molecule has 0 radical (unpaired) electrons. The van der Waals surface area contributed by atoms with Crippen LogP contribution < -0.4 is 10.1 Å². The highest BCUT2D eigenvalue weighted by Gasteiger charge is 2.30. The van der Waals surface area contributed by atoms with Gasteiger partial charge >= 0.3 is 0 Å². The van der Waals surface area contributed by atoms with Crippen molar-refractivity contribution in [2.45, 2.75) is 71.8 Å². The first-order valence-corrected chi connectivity index (χ1v) is 13.9. The van der Waals surface area contributed by atoms with Crippen LogP contribution in [0.1, 0.15) is 70.4 Å². The first-order valence-electron chi connectivity index (χ1n) is 12.6. The van der Waals surface area contributed by atoms with Gasteiger partial charge in [-0.1, -0.05) is 63.4 Å². The zero-order valence-corrected chi connectivity index (χ0v) is 23.4. The Labute approximate surface area is 220 Å². The Morgan fingerprint density at radius 1 is 1.23 bits per heavy atom. The summed E-state index contributed by atoms with van der Waals surface area (Å²) in [5, 5.41) is 16.6. The second-order valence-corrected chi connectivity index (χ2v) is 9.99. The number of hydrogen-bond acceptors (Lipinski definition) is 4. The molecule has 1 aliphatic carbocycles. The number of nitrogens with zero attached hydrogens (tertiary/aromatic N) is 1. The highest BCUT2D eigenvalue weighted by atomic mass is 35.5. The van der Waals surface area contributed by atoms with Gasteiger partial charge in [0.05, 0.1) is 17.2 Å². The van der Waals surface area contributed by atoms with E-state index in [1.165, 1.54) is 41.3 Å². The predicted molar refractivity (Wildman–Crippen MR) is 154 cm³/mol. The lowest BCUT2D eigenvalue weighted by Gasteiger charge is -2.26. The van der Waals surface area contributed by atoms with Crippen molar-refractivity contribution in [3.63, 3.8) is 0 Å². The van der Waals surface area contributed by atoms with Gasteiger partial charge in [0.15, 0.2) is 5.75 Å². The number of halogens is 1. The molecule has 0 atom stereocenters. The van der Waals surface area contributed by atoms with E-state index in [-0.39, 0.29) is 0 Å². The minimum Gasteiger partial charge on any atom is -0.491 e. The molecule has 4 rings (SSSR count). The number of benzene rings is 2. The van der Waals surface area contributed by atoms with E-state index in [9.17, 15) is 5.26 Å². The van der Waals surface area contributed by atoms with E-state index in [1.807, 2.05) is 39.0 Å². The van der Waals surface area contributed by atoms with Crippen molar-refractivity contribution in [2.75, 3.05) is 13.7 Å². The molecule has 1 heterocycles. The molecule has 0 aliphatic heterocycles. The van der Waals surface area contributed by atoms with Crippen molar-refractivity contribution in [1.82, 2.24) is 5.32 Å². The Hall–Kier alpha value is -2.32. The Kier molecular flexibility index (Phi) is 11.8. The molecule has 1 saturated carbocycles. The van der Waals surface area contributed by atoms with Crippen LogP contribution in [0.4, 0.5) is 0 Å². The van der Waals surface area contributed by atoms with Gasteiger partial charge in [-0.2, -0.15) is 5.26 Å². The zero-order chi connectivity index (χ0) is 25.8. The molecule has 1 aromatic heterocycles. The van der Waals surface area contributed by atoms with Gasteiger partial charge in [0.25, 0.3) is 0 Å². The monoisotopic (exact) mass is 510 g/mol. The average Bonchev–Trinajstić information content (AvgIpc) is 3.52. The first kappa shape index (κ1) is 28.9. The predicted octanol–water partition coefficient (Wildman–Crippen LogP) is 9.31. The van der Waals surface area contributed by atoms with Crippen LogP contribution in [0.2, 0.25) is 5.02 Å². The molecule has 3 aromatic rings. The summed E-state index contributed by atoms with van der Waals surface area (Å²) >= 11 is 8.07. The summed E-state index contributed by atoms with van der Waals surface area (Å²) < 4.78 is 6.87. The van der Waals surface area contributed by atoms with Crippen LogP contribution in [0, 0.1) is 18.3 Å². The van der Waals surface area contributed by atoms with Gasteiger partial charge in [0.2, 0.25) is 0 Å². The maximum atomic E-state index is 9.43. The van der Waals surface area contributed by atoms with Crippen molar-refractivity contribution in [1.29, 1.82) is 5.26 Å². The summed E-state index contributed by atoms with van der Waals surface area (Å²) in [5.74, 6) is 0.482. The molecule has 5 heteroatoms. The SMILES string of the molecule is C=CCC1(NC)CCCC1.CC.CCCOc1c(Cl)cc(-c2csc3cc(C)ccc23)cc1C#N. The highest BCUT2D eigenvalue weighted by molar-refractivity contribution is 7.17. The molecular formula is C30H39ClN2OS. The van der Waals surface area contributed by atoms with Gasteiger partial charge in [-0.3, -0.25) is 0 Å². The highest BCUT2D eigenvalue weighted by Crippen LogP contribution is 2.39. The molecule has 0 spiro atoms. The fourth-order valence-electron chi connectivity index (χ4n) is 4.43. The number of rotatable bonds is 7. The van der Waals surface area contributed by atoms with Crippen LogP contribution >= 0.6 is 22.9 Å². The van der Waals surface area contributed by atoms with E-state index in [4.69, 9.17) is 16.3 Å². The minimum atomic E-state index is 0.418. The van der Waals surface area contributed by atoms with E-state index in [2.05, 4.69) is 55.5 Å². The van der Waals surface area contributed by atoms with Crippen molar-refractivity contribution >= 4 is 33.0 Å². The van der Waals surface area contributed by atoms with Crippen molar-refractivity contribution in [3.05, 3.63) is 64.5 Å². The number of fused-ring (bicyclic) bond motifs is 1. The van der Waals surface area contributed by atoms with Crippen molar-refractivity contribution < 1.29 is 4.74 Å². The lowest BCUT2D eigenvalue weighted by Crippen LogP contribution is -2.39. The van der Waals surface area contributed by atoms with Gasteiger partial charge in [0.1, 0.15) is 6.07 Å². The molecule has 0 unspecified atom stereocenters. The standard InChI is InChI=1S/C19H16ClNOS.C9H17N.C2H6/c1-3-6-22-19-14(10-21)8-13(9-17(19)20)16-11-23-18-7-12(2)4-5-15(16)18;1-3-6-9(10-2)7-4-5-8-9;1-2/h4-5,7-9,11H,3,6H2,1-2H3;3,10H,1,4-8H2,2H3;1-2H3. The summed E-state index contributed by atoms with van der Waals surface area (Å²) in [6, 6.07) is 12.3. The van der Waals surface area contributed by atoms with Crippen LogP contribution in [0.3, 0.4) is 0 Å². The molecule has 35 heavy (non-hydrogen) atoms. The van der Waals surface area contributed by atoms with E-state index in [1.54, 1.807) is 11.3 Å². The molecule has 0 amide bonds. The second-order valence-electron chi connectivity index (χ2n) is 8.67. The summed E-state index contributed by atoms with van der Waals surface area (Å²) in [4.78, 5) is 0. The molecular weight excluding hydrogens is 472 g/mol. The number of aryl methyl sites for hydroxylation is 1. The first-order chi connectivity index (χ1) is 17.0. The third kappa shape index (κ3) is 7.34. The van der Waals surface area contributed by atoms with Gasteiger partial charge in [-0.05, 0) is 74.4 Å². The maximum absolute atomic E-state index is 9.43. The molecule has 3 nitrogen and oxygen atoms in total. The summed E-state index contributed by atoms with van der Waals surface area (Å²) in [6.07, 6.45) is 9.46. The zero-order valence-electron chi connectivity index (χ0n) is 21.8. The average molecular weight is 511 g/mol. The lowest BCUT2D eigenvalue weighted by atomic mass is 9.94. The van der Waals surface area contributed by atoms with Crippen LogP contribution in [0.15, 0.2) is 48.4 Å². The third-order valence-corrected chi connectivity index (χ3v) is 7.51. The van der Waals surface area contributed by atoms with Crippen LogP contribution in [-0.2, 0) is 0 Å². The van der Waals surface area contributed by atoms with Crippen LogP contribution in [-0.4, -0.2) is 19.2 Å². The Balaban J connectivity index is 0.000000302. The third-order valence-electron chi connectivity index (χ3n) is 6.28. The fraction of sp³-hybridized carbons (Fsp3) is 0.433. The minimum absolute atomic E-state index is 0.418. The van der Waals surface area contributed by atoms with Crippen LogP contribution in [0.25, 0.3) is 21.2 Å². The van der Waals surface area contributed by atoms with Gasteiger partial charge in [-0.25, -0.2) is 0 Å². The molecule has 1 fully saturated rings. The van der Waals surface area contributed by atoms with E-state index in [0.29, 0.717) is 28.5 Å². The molecule has 0 bridgehead atoms. The number of nitriles is 1. The maximum Gasteiger partial charge on any atom is 0.155 e. The molecule has 2 aromatic carbocycles. The topological polar surface area (TPSA) is 45.0 Å². The molecule has 0 saturated heterocycles. The van der Waals surface area contributed by atoms with Gasteiger partial charge < -0.3 is 10.1 Å². The van der Waals surface area contributed by atoms with Crippen molar-refractivity contribution in [2.24, 2.45) is 0 Å². The largest absolute Gasteiger partial charge is 0.491 e. The molecule has 1 aliphatic rings. The fourth-order valence-corrected chi connectivity index (χ4v) is 5.77. The smallest absolute Gasteiger partial charge is 0.155 e. The van der Waals surface area contributed by atoms with E-state index >= 15 is 0 Å². The number of hydrogen-bond donors (Lipinski definition) is 1. The second kappa shape index (κ2) is 14.3. The molecule has 188 valence electrons. The number of ether oxygens (including phenoxy) is 1. The van der Waals surface area contributed by atoms with Gasteiger partial charge in [-0.15, -0.1) is 17.9 Å². The Morgan fingerprint density at radius 3 is 2.54 bits per heavy atom. The Morgan fingerprint density at radius 2 is 1.94 bits per heavy atom. The van der Waals surface area contributed by atoms with Crippen molar-refractivity contribution in [3.8, 4) is 22.9 Å². The van der Waals surface area contributed by atoms with E-state index < -0.39 is 0 Å². The van der Waals surface area contributed by atoms with Crippen LogP contribution in [0.5, 0.6) is 5.75 Å². The number of nitrogens with one attached hydrogen (secondary N) is 1. The quantitative estimate of drug-likeness (QED) is 0.322. The van der Waals surface area contributed by atoms with Gasteiger partial charge in [0, 0.05) is 21.2 Å². The van der Waals surface area contributed by atoms with E-state index in [0.717, 1.165) is 24.0 Å². The summed E-state index contributed by atoms with van der Waals surface area (Å²) in [5.41, 5.74) is 4.19. The number of thiophene rings is 1. The summed E-state index contributed by atoms with van der Waals surface area (Å²) in [7, 11) is 2.06. The Bertz CT molecular complexity index is 1140. The molecule has 1 N–H and O–H groups in total. The lowest BCUT2D eigenvalue weighted by molar-refractivity contribution is 0.317.